The van der Waals surface area contributed by atoms with E-state index in [4.69, 9.17) is 0 Å². The van der Waals surface area contributed by atoms with Gasteiger partial charge in [0.05, 0.1) is 0 Å². The Morgan fingerprint density at radius 3 is 1.45 bits per heavy atom. The molecule has 0 bridgehead atoms. The highest BCUT2D eigenvalue weighted by atomic mass is 14.2. The Morgan fingerprint density at radius 1 is 0.618 bits per heavy atom. The summed E-state index contributed by atoms with van der Waals surface area (Å²) in [4.78, 5) is 0. The van der Waals surface area contributed by atoms with Crippen LogP contribution in [0.2, 0.25) is 0 Å². The number of hydrogen-bond donors (Lipinski definition) is 0. The maximum Gasteiger partial charge on any atom is 0.00733 e. The molecule has 0 saturated heterocycles. The summed E-state index contributed by atoms with van der Waals surface area (Å²) in [5.41, 5.74) is 8.20. The van der Waals surface area contributed by atoms with Crippen LogP contribution in [0.3, 0.4) is 0 Å². The molecule has 5 aromatic carbocycles. The van der Waals surface area contributed by atoms with Crippen LogP contribution in [0.15, 0.2) is 169 Å². The quantitative estimate of drug-likeness (QED) is 0.104. The topological polar surface area (TPSA) is 0 Å². The van der Waals surface area contributed by atoms with Crippen molar-refractivity contribution in [1.82, 2.24) is 0 Å². The second kappa shape index (κ2) is 35.0. The Kier molecular flexibility index (Phi) is 33.4. The number of aryl methyl sites for hydroxylation is 2. The van der Waals surface area contributed by atoms with Gasteiger partial charge < -0.3 is 0 Å². The van der Waals surface area contributed by atoms with Crippen LogP contribution in [-0.2, 0) is 0 Å². The van der Waals surface area contributed by atoms with Crippen LogP contribution in [0.5, 0.6) is 0 Å². The van der Waals surface area contributed by atoms with Crippen LogP contribution in [0, 0.1) is 13.8 Å². The highest BCUT2D eigenvalue weighted by Gasteiger charge is 2.17. The number of benzene rings is 5. The maximum atomic E-state index is 3.60. The summed E-state index contributed by atoms with van der Waals surface area (Å²) in [5, 5.41) is 5.48. The first-order valence-corrected chi connectivity index (χ1v) is 21.1. The van der Waals surface area contributed by atoms with Crippen molar-refractivity contribution >= 4 is 21.5 Å². The Morgan fingerprint density at radius 2 is 1.07 bits per heavy atom. The van der Waals surface area contributed by atoms with Gasteiger partial charge in [-0.15, -0.1) is 0 Å². The molecule has 0 radical (unpaired) electrons. The fourth-order valence-corrected chi connectivity index (χ4v) is 5.65. The van der Waals surface area contributed by atoms with Crippen molar-refractivity contribution in [3.05, 3.63) is 192 Å². The molecule has 0 heteroatoms. The standard InChI is InChI=1S/C23H20.C10H18.C9H14.C7H8.3C2H6/c1-16(18-10-4-3-5-11-18)23-21-14-8-6-12-19(21)17(2)20-13-7-9-15-22(20)23;1-4-7-8-9-10(5-2)6-3;1-4-6-8-9(3)7-5-2;1-7-5-3-2-4-6-7;3*1-2/h3-16H,1-2H3;5,8-9H,4,6-7H2,1-3H3;5-8H,2,4H2,1,3H3;2-6H,1H3;3*1-2H3/b;9-8-,10-5-;8-6-,9-7-;;;;. The van der Waals surface area contributed by atoms with Crippen LogP contribution in [0.4, 0.5) is 0 Å². The van der Waals surface area contributed by atoms with Crippen LogP contribution < -0.4 is 0 Å². The van der Waals surface area contributed by atoms with E-state index in [1.807, 2.05) is 65.8 Å². The molecule has 55 heavy (non-hydrogen) atoms. The third-order valence-corrected chi connectivity index (χ3v) is 8.48. The van der Waals surface area contributed by atoms with Crippen LogP contribution in [0.1, 0.15) is 137 Å². The lowest BCUT2D eigenvalue weighted by atomic mass is 9.84. The Hall–Kier alpha value is -4.68. The lowest BCUT2D eigenvalue weighted by molar-refractivity contribution is 0.943. The van der Waals surface area contributed by atoms with Gasteiger partial charge in [0.15, 0.2) is 0 Å². The molecule has 0 nitrogen and oxygen atoms in total. The lowest BCUT2D eigenvalue weighted by Crippen LogP contribution is -2.00. The van der Waals surface area contributed by atoms with Gasteiger partial charge in [-0.2, -0.15) is 0 Å². The van der Waals surface area contributed by atoms with E-state index < -0.39 is 0 Å². The van der Waals surface area contributed by atoms with Gasteiger partial charge in [-0.05, 0) is 85.2 Å². The number of unbranched alkanes of at least 4 members (excludes halogenated alkanes) is 1. The molecule has 5 rings (SSSR count). The van der Waals surface area contributed by atoms with Crippen LogP contribution in [-0.4, -0.2) is 0 Å². The molecule has 0 amide bonds. The normalized spacial score (nSPS) is 11.1. The van der Waals surface area contributed by atoms with Gasteiger partial charge in [0.25, 0.3) is 0 Å². The summed E-state index contributed by atoms with van der Waals surface area (Å²) < 4.78 is 0. The first-order chi connectivity index (χ1) is 26.8. The molecule has 0 aromatic heterocycles. The minimum absolute atomic E-state index is 0.367. The van der Waals surface area contributed by atoms with E-state index in [2.05, 4.69) is 183 Å². The van der Waals surface area contributed by atoms with Gasteiger partial charge in [0.1, 0.15) is 0 Å². The molecule has 0 saturated carbocycles. The number of hydrogen-bond acceptors (Lipinski definition) is 0. The number of rotatable bonds is 9. The number of allylic oxidation sites excluding steroid dienone is 9. The summed E-state index contributed by atoms with van der Waals surface area (Å²) in [6.07, 6.45) is 19.4. The molecule has 0 aliphatic carbocycles. The molecule has 0 aliphatic rings. The molecule has 0 fully saturated rings. The van der Waals surface area contributed by atoms with Crippen molar-refractivity contribution in [3.63, 3.8) is 0 Å². The van der Waals surface area contributed by atoms with Crippen molar-refractivity contribution in [1.29, 1.82) is 0 Å². The molecule has 5 aromatic rings. The zero-order chi connectivity index (χ0) is 41.9. The summed E-state index contributed by atoms with van der Waals surface area (Å²) in [6.45, 7) is 32.9. The van der Waals surface area contributed by atoms with E-state index in [9.17, 15) is 0 Å². The van der Waals surface area contributed by atoms with Crippen LogP contribution >= 0.6 is 0 Å². The maximum absolute atomic E-state index is 3.60. The van der Waals surface area contributed by atoms with Crippen molar-refractivity contribution in [2.24, 2.45) is 0 Å². The predicted molar refractivity (Wildman–Crippen MR) is 257 cm³/mol. The van der Waals surface area contributed by atoms with E-state index in [0.29, 0.717) is 5.92 Å². The SMILES string of the molecule is C/C=C(\C=C/CCC)CC.C=C/C=C(C)\C=C/CC.CC.CC.CC.Cc1c2ccccc2c(C(C)c2ccccc2)c2ccccc12.Cc1ccccc1. The minimum Gasteiger partial charge on any atom is -0.0991 e. The second-order valence-electron chi connectivity index (χ2n) is 12.3. The Labute approximate surface area is 340 Å². The van der Waals surface area contributed by atoms with Gasteiger partial charge in [-0.25, -0.2) is 0 Å². The van der Waals surface area contributed by atoms with Crippen molar-refractivity contribution in [2.45, 2.75) is 129 Å². The molecule has 0 aliphatic heterocycles. The zero-order valence-electron chi connectivity index (χ0n) is 37.5. The summed E-state index contributed by atoms with van der Waals surface area (Å²) in [6, 6.07) is 38.7. The Balaban J connectivity index is 0. The molecule has 0 heterocycles. The Bertz CT molecular complexity index is 1720. The summed E-state index contributed by atoms with van der Waals surface area (Å²) in [5.74, 6) is 0.367. The van der Waals surface area contributed by atoms with Gasteiger partial charge in [0.2, 0.25) is 0 Å². The first kappa shape index (κ1) is 52.4. The van der Waals surface area contributed by atoms with Crippen molar-refractivity contribution in [3.8, 4) is 0 Å². The predicted octanol–water partition coefficient (Wildman–Crippen LogP) is 18.3. The summed E-state index contributed by atoms with van der Waals surface area (Å²) >= 11 is 0. The molecule has 0 spiro atoms. The van der Waals surface area contributed by atoms with Gasteiger partial charge in [-0.1, -0.05) is 251 Å². The third-order valence-electron chi connectivity index (χ3n) is 8.48. The monoisotopic (exact) mass is 739 g/mol. The fraction of sp³-hybridized carbons (Fsp3) is 0.345. The molecular formula is C55H78. The highest BCUT2D eigenvalue weighted by molar-refractivity contribution is 6.06. The van der Waals surface area contributed by atoms with Gasteiger partial charge in [-0.3, -0.25) is 0 Å². The largest absolute Gasteiger partial charge is 0.0991 e. The molecule has 0 N–H and O–H groups in total. The molecule has 1 atom stereocenters. The zero-order valence-corrected chi connectivity index (χ0v) is 37.5. The van der Waals surface area contributed by atoms with E-state index in [1.54, 1.807) is 6.08 Å². The smallest absolute Gasteiger partial charge is 0.00733 e. The average molecular weight is 739 g/mol. The summed E-state index contributed by atoms with van der Waals surface area (Å²) in [7, 11) is 0. The van der Waals surface area contributed by atoms with E-state index in [-0.39, 0.29) is 0 Å². The first-order valence-electron chi connectivity index (χ1n) is 21.1. The van der Waals surface area contributed by atoms with Gasteiger partial charge in [0, 0.05) is 5.92 Å². The number of fused-ring (bicyclic) bond motifs is 2. The average Bonchev–Trinajstić information content (AvgIpc) is 3.25. The fourth-order valence-electron chi connectivity index (χ4n) is 5.65. The second-order valence-corrected chi connectivity index (χ2v) is 12.3. The molecule has 298 valence electrons. The van der Waals surface area contributed by atoms with Crippen molar-refractivity contribution < 1.29 is 0 Å². The van der Waals surface area contributed by atoms with Gasteiger partial charge >= 0.3 is 0 Å². The lowest BCUT2D eigenvalue weighted by Gasteiger charge is -2.20. The minimum atomic E-state index is 0.367. The van der Waals surface area contributed by atoms with Crippen LogP contribution in [0.25, 0.3) is 21.5 Å². The molecule has 1 unspecified atom stereocenters. The molecular weight excluding hydrogens is 661 g/mol. The van der Waals surface area contributed by atoms with E-state index in [1.165, 1.54) is 67.8 Å². The van der Waals surface area contributed by atoms with E-state index >= 15 is 0 Å². The highest BCUT2D eigenvalue weighted by Crippen LogP contribution is 2.38. The van der Waals surface area contributed by atoms with Crippen molar-refractivity contribution in [2.75, 3.05) is 0 Å². The van der Waals surface area contributed by atoms with E-state index in [0.717, 1.165) is 12.8 Å². The third kappa shape index (κ3) is 20.5.